The molecule has 0 radical (unpaired) electrons. The van der Waals surface area contributed by atoms with Crippen LogP contribution >= 0.6 is 0 Å². The molecule has 0 bridgehead atoms. The van der Waals surface area contributed by atoms with Crippen LogP contribution in [0.25, 0.3) is 50.0 Å². The van der Waals surface area contributed by atoms with Crippen molar-refractivity contribution in [1.29, 1.82) is 0 Å². The second kappa shape index (κ2) is 11.6. The van der Waals surface area contributed by atoms with Crippen LogP contribution in [-0.4, -0.2) is 27.8 Å². The van der Waals surface area contributed by atoms with Gasteiger partial charge in [-0.3, -0.25) is 0 Å². The fraction of sp³-hybridized carbons (Fsp3) is 0.171. The van der Waals surface area contributed by atoms with Gasteiger partial charge in [0.2, 0.25) is 0 Å². The fourth-order valence-corrected chi connectivity index (χ4v) is 8.48. The van der Waals surface area contributed by atoms with Gasteiger partial charge in [-0.1, -0.05) is 69.3 Å². The molecular weight excluding hydrogens is 623 g/mol. The predicted octanol–water partition coefficient (Wildman–Crippen LogP) is 10.5. The second-order valence-corrected chi connectivity index (χ2v) is 24.7. The molecule has 0 N–H and O–H groups in total. The van der Waals surface area contributed by atoms with E-state index < -0.39 is 13.3 Å². The van der Waals surface area contributed by atoms with Crippen molar-refractivity contribution < 1.29 is 4.74 Å². The van der Waals surface area contributed by atoms with Crippen LogP contribution in [0.1, 0.15) is 26.3 Å². The molecule has 4 nitrogen and oxygen atoms in total. The van der Waals surface area contributed by atoms with Gasteiger partial charge in [0, 0.05) is 0 Å². The topological polar surface area (TPSA) is 39.9 Å². The van der Waals surface area contributed by atoms with Gasteiger partial charge in [-0.15, -0.1) is 0 Å². The zero-order chi connectivity index (χ0) is 32.1. The maximum Gasteiger partial charge on any atom is -0.0342 e. The number of fused-ring (bicyclic) bond motifs is 3. The molecule has 228 valence electrons. The standard InChI is InChI=1S/C41H39GeN3O/c1-41(2,3)31-16-11-18-33(27-31)45-37-23-21-29(28-13-8-7-9-14-28)26-35(37)34-22-24-39(44-40(34)45)46-38-20-12-19-36(43-38)30-15-10-17-32(25-30)42(4,5)6/h7-27H,1-6H3. The van der Waals surface area contributed by atoms with E-state index in [1.165, 1.54) is 21.1 Å². The first-order valence-corrected chi connectivity index (χ1v) is 23.3. The maximum atomic E-state index is 6.38. The van der Waals surface area contributed by atoms with E-state index in [1.54, 1.807) is 0 Å². The van der Waals surface area contributed by atoms with Gasteiger partial charge in [0.05, 0.1) is 0 Å². The van der Waals surface area contributed by atoms with E-state index in [0.717, 1.165) is 38.9 Å². The Kier molecular flexibility index (Phi) is 7.56. The molecule has 7 rings (SSSR count). The quantitative estimate of drug-likeness (QED) is 0.167. The Morgan fingerprint density at radius 1 is 0.587 bits per heavy atom. The summed E-state index contributed by atoms with van der Waals surface area (Å²) >= 11 is -1.98. The first kappa shape index (κ1) is 30.0. The van der Waals surface area contributed by atoms with Crippen LogP contribution in [-0.2, 0) is 5.41 Å². The Bertz CT molecular complexity index is 2200. The van der Waals surface area contributed by atoms with Crippen LogP contribution < -0.4 is 9.13 Å². The summed E-state index contributed by atoms with van der Waals surface area (Å²) in [5, 5.41) is 2.23. The number of hydrogen-bond donors (Lipinski definition) is 0. The predicted molar refractivity (Wildman–Crippen MR) is 195 cm³/mol. The normalized spacial score (nSPS) is 12.1. The van der Waals surface area contributed by atoms with E-state index >= 15 is 0 Å². The maximum absolute atomic E-state index is 6.38. The van der Waals surface area contributed by atoms with Crippen molar-refractivity contribution in [2.75, 3.05) is 0 Å². The number of nitrogens with zero attached hydrogens (tertiary/aromatic N) is 3. The average molecular weight is 662 g/mol. The Morgan fingerprint density at radius 2 is 1.33 bits per heavy atom. The summed E-state index contributed by atoms with van der Waals surface area (Å²) in [6, 6.07) is 44.8. The molecule has 0 unspecified atom stereocenters. The monoisotopic (exact) mass is 663 g/mol. The summed E-state index contributed by atoms with van der Waals surface area (Å²) < 4.78 is 10.1. The van der Waals surface area contributed by atoms with Crippen molar-refractivity contribution in [3.8, 4) is 39.8 Å². The Morgan fingerprint density at radius 3 is 2.11 bits per heavy atom. The summed E-state index contributed by atoms with van der Waals surface area (Å²) in [4.78, 5) is 10.0. The molecule has 7 aromatic rings. The van der Waals surface area contributed by atoms with Gasteiger partial charge in [0.1, 0.15) is 0 Å². The molecule has 0 spiro atoms. The number of pyridine rings is 2. The van der Waals surface area contributed by atoms with Crippen LogP contribution in [0.4, 0.5) is 0 Å². The number of aromatic nitrogens is 3. The number of hydrogen-bond acceptors (Lipinski definition) is 3. The summed E-state index contributed by atoms with van der Waals surface area (Å²) in [5.74, 6) is 8.27. The molecule has 46 heavy (non-hydrogen) atoms. The van der Waals surface area contributed by atoms with Gasteiger partial charge in [-0.25, -0.2) is 0 Å². The third-order valence-electron chi connectivity index (χ3n) is 8.62. The molecule has 0 saturated carbocycles. The minimum atomic E-state index is -1.98. The van der Waals surface area contributed by atoms with Crippen LogP contribution in [0.5, 0.6) is 11.8 Å². The van der Waals surface area contributed by atoms with E-state index in [2.05, 4.69) is 146 Å². The van der Waals surface area contributed by atoms with E-state index in [4.69, 9.17) is 14.7 Å². The average Bonchev–Trinajstić information content (AvgIpc) is 3.37. The smallest absolute Gasteiger partial charge is 0.0342 e. The molecule has 0 aliphatic heterocycles. The van der Waals surface area contributed by atoms with Gasteiger partial charge in [0.25, 0.3) is 0 Å². The number of rotatable bonds is 6. The number of ether oxygens (including phenoxy) is 1. The molecular formula is C41H39GeN3O. The van der Waals surface area contributed by atoms with E-state index in [0.29, 0.717) is 11.8 Å². The Labute approximate surface area is 274 Å². The van der Waals surface area contributed by atoms with Crippen molar-refractivity contribution in [2.45, 2.75) is 43.5 Å². The molecule has 0 aliphatic carbocycles. The van der Waals surface area contributed by atoms with E-state index in [9.17, 15) is 0 Å². The van der Waals surface area contributed by atoms with Crippen LogP contribution in [0.15, 0.2) is 127 Å². The molecule has 0 atom stereocenters. The van der Waals surface area contributed by atoms with Gasteiger partial charge in [0.15, 0.2) is 0 Å². The molecule has 4 aromatic carbocycles. The van der Waals surface area contributed by atoms with Crippen LogP contribution in [0.3, 0.4) is 0 Å². The third kappa shape index (κ3) is 5.85. The minimum absolute atomic E-state index is 0.0169. The zero-order valence-electron chi connectivity index (χ0n) is 27.4. The van der Waals surface area contributed by atoms with Crippen LogP contribution in [0, 0.1) is 0 Å². The Hall–Kier alpha value is -4.68. The molecule has 5 heteroatoms. The van der Waals surface area contributed by atoms with E-state index in [-0.39, 0.29) is 5.41 Å². The number of benzene rings is 4. The summed E-state index contributed by atoms with van der Waals surface area (Å²) in [7, 11) is 0. The van der Waals surface area contributed by atoms with Crippen molar-refractivity contribution in [1.82, 2.24) is 14.5 Å². The molecule has 3 aromatic heterocycles. The van der Waals surface area contributed by atoms with Gasteiger partial charge >= 0.3 is 159 Å². The van der Waals surface area contributed by atoms with E-state index in [1.807, 2.05) is 24.3 Å². The third-order valence-corrected chi connectivity index (χ3v) is 12.9. The SMILES string of the molecule is CC(C)(C)c1cccc(-n2c3ccc(-c4ccccc4)cc3c3ccc(Oc4cccc(-c5ccc[c]([Ge]([CH3])([CH3])[CH3])c5)n4)nc32)c1. The first-order chi connectivity index (χ1) is 22.0. The van der Waals surface area contributed by atoms with Gasteiger partial charge in [-0.05, 0) is 46.4 Å². The molecule has 0 amide bonds. The first-order valence-electron chi connectivity index (χ1n) is 15.9. The second-order valence-electron chi connectivity index (χ2n) is 14.0. The molecule has 0 saturated heterocycles. The summed E-state index contributed by atoms with van der Waals surface area (Å²) in [5.41, 5.74) is 8.70. The Balaban J connectivity index is 1.34. The summed E-state index contributed by atoms with van der Waals surface area (Å²) in [6.45, 7) is 6.74. The van der Waals surface area contributed by atoms with Crippen molar-refractivity contribution in [2.24, 2.45) is 0 Å². The molecule has 3 heterocycles. The van der Waals surface area contributed by atoms with Gasteiger partial charge < -0.3 is 0 Å². The van der Waals surface area contributed by atoms with Crippen LogP contribution in [0.2, 0.25) is 17.3 Å². The summed E-state index contributed by atoms with van der Waals surface area (Å²) in [6.07, 6.45) is 0. The largest absolute Gasteiger partial charge is 0.0342 e. The fourth-order valence-electron chi connectivity index (χ4n) is 6.00. The molecule has 0 aliphatic rings. The minimum Gasteiger partial charge on any atom is -0.0342 e. The van der Waals surface area contributed by atoms with Crippen molar-refractivity contribution in [3.05, 3.63) is 133 Å². The van der Waals surface area contributed by atoms with Crippen molar-refractivity contribution >= 4 is 39.6 Å². The zero-order valence-corrected chi connectivity index (χ0v) is 29.5. The van der Waals surface area contributed by atoms with Crippen molar-refractivity contribution in [3.63, 3.8) is 0 Å². The van der Waals surface area contributed by atoms with Gasteiger partial charge in [-0.2, -0.15) is 0 Å². The molecule has 0 fully saturated rings.